The summed E-state index contributed by atoms with van der Waals surface area (Å²) < 4.78 is 0. The molecular formula is C13H13N3OS. The molecule has 2 heterocycles. The lowest BCUT2D eigenvalue weighted by Crippen LogP contribution is -2.44. The van der Waals surface area contributed by atoms with Gasteiger partial charge in [0.15, 0.2) is 5.13 Å². The summed E-state index contributed by atoms with van der Waals surface area (Å²) in [5, 5.41) is 8.58. The number of fused-ring (bicyclic) bond motifs is 1. The number of benzene rings is 1. The van der Waals surface area contributed by atoms with Crippen molar-refractivity contribution in [3.05, 3.63) is 47.0 Å². The summed E-state index contributed by atoms with van der Waals surface area (Å²) in [6.45, 7) is 0.742. The molecule has 0 aliphatic carbocycles. The van der Waals surface area contributed by atoms with Crippen LogP contribution in [0.4, 0.5) is 5.13 Å². The topological polar surface area (TPSA) is 54.0 Å². The van der Waals surface area contributed by atoms with E-state index in [0.29, 0.717) is 5.13 Å². The first kappa shape index (κ1) is 11.4. The van der Waals surface area contributed by atoms with E-state index in [4.69, 9.17) is 0 Å². The maximum absolute atomic E-state index is 12.1. The maximum Gasteiger partial charge on any atom is 0.243 e. The molecule has 1 aliphatic heterocycles. The molecule has 0 bridgehead atoms. The number of carbonyl (C=O) groups is 1. The van der Waals surface area contributed by atoms with Gasteiger partial charge in [0, 0.05) is 18.1 Å². The summed E-state index contributed by atoms with van der Waals surface area (Å²) in [5.41, 5.74) is 2.52. The number of hydrogen-bond donors (Lipinski definition) is 2. The van der Waals surface area contributed by atoms with E-state index in [2.05, 4.69) is 27.8 Å². The van der Waals surface area contributed by atoms with Gasteiger partial charge in [-0.2, -0.15) is 0 Å². The highest BCUT2D eigenvalue weighted by Gasteiger charge is 2.24. The van der Waals surface area contributed by atoms with Crippen LogP contribution in [0.1, 0.15) is 11.1 Å². The third kappa shape index (κ3) is 2.27. The summed E-state index contributed by atoms with van der Waals surface area (Å²) >= 11 is 1.43. The lowest BCUT2D eigenvalue weighted by Gasteiger charge is -2.24. The zero-order chi connectivity index (χ0) is 12.4. The van der Waals surface area contributed by atoms with Gasteiger partial charge in [0.2, 0.25) is 5.91 Å². The molecule has 1 aliphatic rings. The molecule has 4 nitrogen and oxygen atoms in total. The smallest absolute Gasteiger partial charge is 0.243 e. The number of carbonyl (C=O) groups excluding carboxylic acids is 1. The van der Waals surface area contributed by atoms with Crippen molar-refractivity contribution in [2.24, 2.45) is 0 Å². The summed E-state index contributed by atoms with van der Waals surface area (Å²) in [7, 11) is 0. The van der Waals surface area contributed by atoms with Crippen molar-refractivity contribution in [2.45, 2.75) is 19.0 Å². The Morgan fingerprint density at radius 1 is 1.39 bits per heavy atom. The highest BCUT2D eigenvalue weighted by molar-refractivity contribution is 7.13. The fourth-order valence-corrected chi connectivity index (χ4v) is 2.65. The van der Waals surface area contributed by atoms with E-state index in [1.54, 1.807) is 6.20 Å². The summed E-state index contributed by atoms with van der Waals surface area (Å²) in [6, 6.07) is 8.04. The fourth-order valence-electron chi connectivity index (χ4n) is 2.12. The van der Waals surface area contributed by atoms with Gasteiger partial charge in [-0.25, -0.2) is 4.98 Å². The number of amides is 1. The number of anilines is 1. The Kier molecular flexibility index (Phi) is 3.08. The van der Waals surface area contributed by atoms with Crippen LogP contribution in [0.2, 0.25) is 0 Å². The number of aromatic nitrogens is 1. The van der Waals surface area contributed by atoms with Crippen molar-refractivity contribution >= 4 is 22.4 Å². The first-order valence-electron chi connectivity index (χ1n) is 5.83. The van der Waals surface area contributed by atoms with E-state index in [1.165, 1.54) is 22.5 Å². The molecule has 1 amide bonds. The van der Waals surface area contributed by atoms with E-state index in [1.807, 2.05) is 17.5 Å². The molecule has 5 heteroatoms. The lowest BCUT2D eigenvalue weighted by molar-refractivity contribution is -0.118. The average molecular weight is 259 g/mol. The van der Waals surface area contributed by atoms with E-state index in [9.17, 15) is 4.79 Å². The Hall–Kier alpha value is -1.72. The van der Waals surface area contributed by atoms with Crippen LogP contribution in [-0.4, -0.2) is 16.9 Å². The number of nitrogens with one attached hydrogen (secondary N) is 2. The largest absolute Gasteiger partial charge is 0.301 e. The molecule has 1 aromatic heterocycles. The summed E-state index contributed by atoms with van der Waals surface area (Å²) in [6.07, 6.45) is 2.41. The highest BCUT2D eigenvalue weighted by Crippen LogP contribution is 2.18. The van der Waals surface area contributed by atoms with Gasteiger partial charge in [-0.1, -0.05) is 24.3 Å². The standard InChI is InChI=1S/C13H13N3OS/c17-12(16-13-14-5-6-18-13)11-7-9-3-1-2-4-10(9)8-15-11/h1-6,11,15H,7-8H2,(H,14,16,17)/t11-/m1/s1. The Bertz CT molecular complexity index is 553. The number of rotatable bonds is 2. The second-order valence-electron chi connectivity index (χ2n) is 4.23. The molecule has 3 rings (SSSR count). The number of thiazole rings is 1. The molecule has 0 saturated carbocycles. The monoisotopic (exact) mass is 259 g/mol. The molecule has 0 fully saturated rings. The van der Waals surface area contributed by atoms with Crippen molar-refractivity contribution in [3.8, 4) is 0 Å². The molecule has 1 atom stereocenters. The molecule has 0 saturated heterocycles. The molecular weight excluding hydrogens is 246 g/mol. The number of hydrogen-bond acceptors (Lipinski definition) is 4. The van der Waals surface area contributed by atoms with Crippen molar-refractivity contribution in [1.29, 1.82) is 0 Å². The Labute approximate surface area is 109 Å². The molecule has 2 N–H and O–H groups in total. The van der Waals surface area contributed by atoms with Crippen LogP contribution in [0.25, 0.3) is 0 Å². The van der Waals surface area contributed by atoms with Crippen LogP contribution in [0.15, 0.2) is 35.8 Å². The van der Waals surface area contributed by atoms with E-state index in [-0.39, 0.29) is 11.9 Å². The third-order valence-electron chi connectivity index (χ3n) is 3.06. The Balaban J connectivity index is 1.70. The highest BCUT2D eigenvalue weighted by atomic mass is 32.1. The van der Waals surface area contributed by atoms with Gasteiger partial charge < -0.3 is 10.6 Å². The zero-order valence-electron chi connectivity index (χ0n) is 9.72. The molecule has 1 aromatic carbocycles. The van der Waals surface area contributed by atoms with Crippen LogP contribution < -0.4 is 10.6 Å². The Morgan fingerprint density at radius 3 is 3.00 bits per heavy atom. The van der Waals surface area contributed by atoms with Gasteiger partial charge in [-0.15, -0.1) is 11.3 Å². The van der Waals surface area contributed by atoms with Gasteiger partial charge in [0.05, 0.1) is 6.04 Å². The van der Waals surface area contributed by atoms with E-state index < -0.39 is 0 Å². The van der Waals surface area contributed by atoms with Crippen LogP contribution in [0, 0.1) is 0 Å². The first-order valence-corrected chi connectivity index (χ1v) is 6.71. The third-order valence-corrected chi connectivity index (χ3v) is 3.75. The Morgan fingerprint density at radius 2 is 2.22 bits per heavy atom. The van der Waals surface area contributed by atoms with E-state index in [0.717, 1.165) is 13.0 Å². The van der Waals surface area contributed by atoms with Crippen molar-refractivity contribution < 1.29 is 4.79 Å². The molecule has 0 radical (unpaired) electrons. The minimum absolute atomic E-state index is 0.0144. The van der Waals surface area contributed by atoms with E-state index >= 15 is 0 Å². The van der Waals surface area contributed by atoms with Crippen LogP contribution in [-0.2, 0) is 17.8 Å². The van der Waals surface area contributed by atoms with Gasteiger partial charge in [-0.05, 0) is 17.5 Å². The predicted molar refractivity (Wildman–Crippen MR) is 71.5 cm³/mol. The van der Waals surface area contributed by atoms with Gasteiger partial charge >= 0.3 is 0 Å². The maximum atomic E-state index is 12.1. The molecule has 2 aromatic rings. The van der Waals surface area contributed by atoms with Crippen molar-refractivity contribution in [3.63, 3.8) is 0 Å². The average Bonchev–Trinajstić information content (AvgIpc) is 2.91. The summed E-state index contributed by atoms with van der Waals surface area (Å²) in [5.74, 6) is -0.0144. The minimum Gasteiger partial charge on any atom is -0.301 e. The molecule has 0 unspecified atom stereocenters. The van der Waals surface area contributed by atoms with Crippen molar-refractivity contribution in [2.75, 3.05) is 5.32 Å². The van der Waals surface area contributed by atoms with Crippen LogP contribution >= 0.6 is 11.3 Å². The SMILES string of the molecule is O=C(Nc1nccs1)[C@H]1Cc2ccccc2CN1. The van der Waals surface area contributed by atoms with Crippen LogP contribution in [0.3, 0.4) is 0 Å². The first-order chi connectivity index (χ1) is 8.83. The second kappa shape index (κ2) is 4.88. The lowest BCUT2D eigenvalue weighted by atomic mass is 9.95. The minimum atomic E-state index is -0.177. The second-order valence-corrected chi connectivity index (χ2v) is 5.13. The molecule has 92 valence electrons. The molecule has 18 heavy (non-hydrogen) atoms. The predicted octanol–water partition coefficient (Wildman–Crippen LogP) is 1.80. The fraction of sp³-hybridized carbons (Fsp3) is 0.231. The van der Waals surface area contributed by atoms with Gasteiger partial charge in [-0.3, -0.25) is 4.79 Å². The van der Waals surface area contributed by atoms with Crippen LogP contribution in [0.5, 0.6) is 0 Å². The molecule has 0 spiro atoms. The number of nitrogens with zero attached hydrogens (tertiary/aromatic N) is 1. The normalized spacial score (nSPS) is 18.1. The van der Waals surface area contributed by atoms with Crippen molar-refractivity contribution in [1.82, 2.24) is 10.3 Å². The zero-order valence-corrected chi connectivity index (χ0v) is 10.5. The quantitative estimate of drug-likeness (QED) is 0.864. The van der Waals surface area contributed by atoms with Gasteiger partial charge in [0.25, 0.3) is 0 Å². The van der Waals surface area contributed by atoms with Gasteiger partial charge in [0.1, 0.15) is 0 Å². The summed E-state index contributed by atoms with van der Waals surface area (Å²) in [4.78, 5) is 16.1.